The van der Waals surface area contributed by atoms with E-state index in [4.69, 9.17) is 38.3 Å². The molecule has 12 heteroatoms. The molecule has 0 radical (unpaired) electrons. The summed E-state index contributed by atoms with van der Waals surface area (Å²) in [5.41, 5.74) is 0. The van der Waals surface area contributed by atoms with Crippen molar-refractivity contribution < 1.29 is 47.9 Å². The van der Waals surface area contributed by atoms with Gasteiger partial charge in [0.15, 0.2) is 0 Å². The number of carbonyl (C=O) groups is 2. The van der Waals surface area contributed by atoms with Crippen molar-refractivity contribution in [2.75, 3.05) is 120 Å². The van der Waals surface area contributed by atoms with Gasteiger partial charge in [-0.25, -0.2) is 0 Å². The first-order valence-electron chi connectivity index (χ1n) is 12.2. The second-order valence-corrected chi connectivity index (χ2v) is 7.69. The maximum Gasteiger partial charge on any atom is 0.303 e. The number of nitrogens with one attached hydrogen (secondary N) is 1. The second kappa shape index (κ2) is 27.2. The van der Waals surface area contributed by atoms with Gasteiger partial charge in [-0.1, -0.05) is 0 Å². The van der Waals surface area contributed by atoms with Crippen molar-refractivity contribution >= 4 is 11.9 Å². The van der Waals surface area contributed by atoms with Crippen LogP contribution in [0.4, 0.5) is 0 Å². The van der Waals surface area contributed by atoms with Crippen LogP contribution in [0.5, 0.6) is 0 Å². The number of rotatable bonds is 28. The summed E-state index contributed by atoms with van der Waals surface area (Å²) in [5.74, 6) is -1.24. The maximum absolute atomic E-state index is 11.3. The molecule has 35 heavy (non-hydrogen) atoms. The summed E-state index contributed by atoms with van der Waals surface area (Å²) in [6.07, 6.45) is 0.502. The molecular formula is C23H46N2O10. The van der Waals surface area contributed by atoms with Gasteiger partial charge in [-0.2, -0.15) is 0 Å². The van der Waals surface area contributed by atoms with Crippen LogP contribution in [-0.2, 0) is 42.7 Å². The number of aliphatic carboxylic acids is 1. The molecule has 2 N–H and O–H groups in total. The Morgan fingerprint density at radius 3 is 1.34 bits per heavy atom. The Balaban J connectivity index is 3.09. The van der Waals surface area contributed by atoms with E-state index < -0.39 is 5.97 Å². The molecule has 0 bridgehead atoms. The number of ether oxygens (including phenoxy) is 7. The van der Waals surface area contributed by atoms with Crippen molar-refractivity contribution in [3.05, 3.63) is 0 Å². The second-order valence-electron chi connectivity index (χ2n) is 7.69. The lowest BCUT2D eigenvalue weighted by Gasteiger charge is -2.10. The molecule has 0 aromatic rings. The van der Waals surface area contributed by atoms with Gasteiger partial charge in [-0.15, -0.1) is 0 Å². The van der Waals surface area contributed by atoms with Crippen molar-refractivity contribution in [2.24, 2.45) is 0 Å². The largest absolute Gasteiger partial charge is 0.481 e. The summed E-state index contributed by atoms with van der Waals surface area (Å²) in [6, 6.07) is 0. The van der Waals surface area contributed by atoms with Crippen LogP contribution in [0.3, 0.4) is 0 Å². The Labute approximate surface area is 209 Å². The molecule has 0 saturated heterocycles. The molecule has 0 rings (SSSR count). The van der Waals surface area contributed by atoms with E-state index in [-0.39, 0.29) is 18.7 Å². The highest BCUT2D eigenvalue weighted by Crippen LogP contribution is 1.90. The molecule has 0 fully saturated rings. The van der Waals surface area contributed by atoms with Crippen LogP contribution < -0.4 is 5.32 Å². The third-order valence-corrected chi connectivity index (χ3v) is 4.27. The van der Waals surface area contributed by atoms with Crippen molar-refractivity contribution in [2.45, 2.75) is 19.3 Å². The van der Waals surface area contributed by atoms with Gasteiger partial charge in [-0.05, 0) is 20.5 Å². The molecule has 0 aliphatic heterocycles. The minimum atomic E-state index is -0.977. The number of carboxylic acid groups (broad SMARTS) is 1. The van der Waals surface area contributed by atoms with Crippen LogP contribution in [0, 0.1) is 0 Å². The SMILES string of the molecule is CN(C)CCOCCOCCOCCOCCOCCOCCOCCCNC(=O)CCC(=O)O. The predicted molar refractivity (Wildman–Crippen MR) is 129 cm³/mol. The molecule has 12 nitrogen and oxygen atoms in total. The van der Waals surface area contributed by atoms with E-state index in [9.17, 15) is 9.59 Å². The number of nitrogens with zero attached hydrogens (tertiary/aromatic N) is 1. The molecule has 0 atom stereocenters. The molecule has 0 aliphatic carbocycles. The number of hydrogen-bond acceptors (Lipinski definition) is 10. The van der Waals surface area contributed by atoms with E-state index in [1.165, 1.54) is 0 Å². The fourth-order valence-corrected chi connectivity index (χ4v) is 2.38. The zero-order chi connectivity index (χ0) is 25.8. The lowest BCUT2D eigenvalue weighted by Crippen LogP contribution is -2.25. The first kappa shape index (κ1) is 33.6. The van der Waals surface area contributed by atoms with Crippen LogP contribution in [-0.4, -0.2) is 142 Å². The topological polar surface area (TPSA) is 134 Å². The van der Waals surface area contributed by atoms with Crippen molar-refractivity contribution in [3.63, 3.8) is 0 Å². The highest BCUT2D eigenvalue weighted by molar-refractivity contribution is 5.80. The summed E-state index contributed by atoms with van der Waals surface area (Å²) in [7, 11) is 4.02. The first-order valence-corrected chi connectivity index (χ1v) is 12.2. The summed E-state index contributed by atoms with van der Waals surface area (Å²) >= 11 is 0. The molecule has 0 aromatic heterocycles. The Kier molecular flexibility index (Phi) is 26.1. The zero-order valence-corrected chi connectivity index (χ0v) is 21.5. The zero-order valence-electron chi connectivity index (χ0n) is 21.5. The van der Waals surface area contributed by atoms with Gasteiger partial charge in [-0.3, -0.25) is 9.59 Å². The summed E-state index contributed by atoms with van der Waals surface area (Å²) in [6.45, 7) is 8.73. The van der Waals surface area contributed by atoms with Gasteiger partial charge < -0.3 is 48.5 Å². The van der Waals surface area contributed by atoms with Gasteiger partial charge in [0.25, 0.3) is 0 Å². The monoisotopic (exact) mass is 510 g/mol. The minimum absolute atomic E-state index is 0.00257. The third kappa shape index (κ3) is 30.6. The van der Waals surface area contributed by atoms with Gasteiger partial charge in [0.05, 0.1) is 92.3 Å². The average molecular weight is 511 g/mol. The van der Waals surface area contributed by atoms with Crippen molar-refractivity contribution in [3.8, 4) is 0 Å². The van der Waals surface area contributed by atoms with Gasteiger partial charge >= 0.3 is 5.97 Å². The third-order valence-electron chi connectivity index (χ3n) is 4.27. The van der Waals surface area contributed by atoms with Gasteiger partial charge in [0, 0.05) is 26.1 Å². The van der Waals surface area contributed by atoms with Crippen molar-refractivity contribution in [1.82, 2.24) is 10.2 Å². The molecule has 0 saturated carbocycles. The maximum atomic E-state index is 11.3. The molecule has 0 heterocycles. The van der Waals surface area contributed by atoms with E-state index in [0.29, 0.717) is 105 Å². The van der Waals surface area contributed by atoms with Gasteiger partial charge in [0.1, 0.15) is 0 Å². The van der Waals surface area contributed by atoms with E-state index in [2.05, 4.69) is 10.2 Å². The van der Waals surface area contributed by atoms with Crippen LogP contribution in [0.2, 0.25) is 0 Å². The first-order chi connectivity index (χ1) is 17.0. The van der Waals surface area contributed by atoms with E-state index in [1.54, 1.807) is 0 Å². The molecule has 1 amide bonds. The average Bonchev–Trinajstić information content (AvgIpc) is 2.82. The quantitative estimate of drug-likeness (QED) is 0.138. The summed E-state index contributed by atoms with van der Waals surface area (Å²) < 4.78 is 37.9. The minimum Gasteiger partial charge on any atom is -0.481 e. The van der Waals surface area contributed by atoms with E-state index in [1.807, 2.05) is 14.1 Å². The summed E-state index contributed by atoms with van der Waals surface area (Å²) in [4.78, 5) is 23.8. The van der Waals surface area contributed by atoms with Crippen LogP contribution in [0.25, 0.3) is 0 Å². The number of likely N-dealkylation sites (N-methyl/N-ethyl adjacent to an activating group) is 1. The van der Waals surface area contributed by atoms with Crippen LogP contribution in [0.1, 0.15) is 19.3 Å². The van der Waals surface area contributed by atoms with Crippen LogP contribution in [0.15, 0.2) is 0 Å². The molecular weight excluding hydrogens is 464 g/mol. The van der Waals surface area contributed by atoms with Crippen molar-refractivity contribution in [1.29, 1.82) is 0 Å². The Bertz CT molecular complexity index is 483. The van der Waals surface area contributed by atoms with Crippen LogP contribution >= 0.6 is 0 Å². The van der Waals surface area contributed by atoms with E-state index >= 15 is 0 Å². The molecule has 0 aromatic carbocycles. The summed E-state index contributed by atoms with van der Waals surface area (Å²) in [5, 5.41) is 11.1. The fourth-order valence-electron chi connectivity index (χ4n) is 2.38. The smallest absolute Gasteiger partial charge is 0.303 e. The highest BCUT2D eigenvalue weighted by atomic mass is 16.6. The molecule has 0 aliphatic rings. The number of amides is 1. The number of hydrogen-bond donors (Lipinski definition) is 2. The molecule has 0 spiro atoms. The lowest BCUT2D eigenvalue weighted by molar-refractivity contribution is -0.138. The number of carbonyl (C=O) groups excluding carboxylic acids is 1. The predicted octanol–water partition coefficient (Wildman–Crippen LogP) is 0.0353. The fraction of sp³-hybridized carbons (Fsp3) is 0.913. The highest BCUT2D eigenvalue weighted by Gasteiger charge is 2.04. The normalized spacial score (nSPS) is 11.3. The Hall–Kier alpha value is -1.38. The Morgan fingerprint density at radius 1 is 0.600 bits per heavy atom. The van der Waals surface area contributed by atoms with E-state index in [0.717, 1.165) is 6.54 Å². The Morgan fingerprint density at radius 2 is 0.971 bits per heavy atom. The molecule has 0 unspecified atom stereocenters. The van der Waals surface area contributed by atoms with Gasteiger partial charge in [0.2, 0.25) is 5.91 Å². The lowest BCUT2D eigenvalue weighted by atomic mass is 10.3. The standard InChI is InChI=1S/C23H46N2O10/c1-25(2)7-9-30-11-13-32-15-17-34-19-21-35-20-18-33-16-14-31-12-10-29-8-3-6-24-22(26)4-5-23(27)28/h3-21H2,1-2H3,(H,24,26)(H,27,28). The number of carboxylic acids is 1. The molecule has 208 valence electrons.